The molecule has 0 radical (unpaired) electrons. The average Bonchev–Trinajstić information content (AvgIpc) is 2.74. The molecule has 0 aromatic carbocycles. The second-order valence-electron chi connectivity index (χ2n) is 5.40. The molecule has 1 saturated heterocycles. The minimum atomic E-state index is 0.318. The zero-order valence-electron chi connectivity index (χ0n) is 10.9. The van der Waals surface area contributed by atoms with Gasteiger partial charge in [0.15, 0.2) is 0 Å². The van der Waals surface area contributed by atoms with Crippen LogP contribution in [0.25, 0.3) is 0 Å². The van der Waals surface area contributed by atoms with E-state index in [-0.39, 0.29) is 0 Å². The molecule has 0 amide bonds. The molecule has 3 nitrogen and oxygen atoms in total. The van der Waals surface area contributed by atoms with Crippen molar-refractivity contribution in [1.29, 1.82) is 0 Å². The van der Waals surface area contributed by atoms with Gasteiger partial charge < -0.3 is 10.2 Å². The van der Waals surface area contributed by atoms with E-state index in [0.717, 1.165) is 19.5 Å². The van der Waals surface area contributed by atoms with Gasteiger partial charge in [0.1, 0.15) is 0 Å². The lowest BCUT2D eigenvalue weighted by Crippen LogP contribution is -2.46. The number of nitrogens with one attached hydrogen (secondary N) is 1. The Balaban J connectivity index is 1.76. The molecule has 1 unspecified atom stereocenters. The molecular formula is C14H23N3. The molecule has 1 aromatic rings. The predicted molar refractivity (Wildman–Crippen MR) is 71.1 cm³/mol. The average molecular weight is 233 g/mol. The molecule has 1 aliphatic rings. The molecule has 1 atom stereocenters. The van der Waals surface area contributed by atoms with E-state index < -0.39 is 0 Å². The van der Waals surface area contributed by atoms with Crippen molar-refractivity contribution >= 4 is 0 Å². The number of rotatable bonds is 5. The summed E-state index contributed by atoms with van der Waals surface area (Å²) in [6.45, 7) is 5.70. The Labute approximate surface area is 104 Å². The Morgan fingerprint density at radius 3 is 3.00 bits per heavy atom. The van der Waals surface area contributed by atoms with E-state index in [0.29, 0.717) is 5.54 Å². The predicted octanol–water partition coefficient (Wildman–Crippen LogP) is 1.70. The van der Waals surface area contributed by atoms with Crippen molar-refractivity contribution in [1.82, 2.24) is 15.2 Å². The summed E-state index contributed by atoms with van der Waals surface area (Å²) in [4.78, 5) is 6.77. The fourth-order valence-corrected chi connectivity index (χ4v) is 2.62. The van der Waals surface area contributed by atoms with Crippen LogP contribution in [0.3, 0.4) is 0 Å². The number of nitrogens with zero attached hydrogens (tertiary/aromatic N) is 2. The first kappa shape index (κ1) is 12.5. The van der Waals surface area contributed by atoms with Crippen LogP contribution in [0.5, 0.6) is 0 Å². The van der Waals surface area contributed by atoms with Gasteiger partial charge in [0.2, 0.25) is 0 Å². The first-order valence-corrected chi connectivity index (χ1v) is 6.51. The van der Waals surface area contributed by atoms with Gasteiger partial charge in [0, 0.05) is 36.9 Å². The van der Waals surface area contributed by atoms with Crippen LogP contribution in [-0.2, 0) is 6.42 Å². The maximum atomic E-state index is 4.36. The SMILES string of the molecule is CN(CCc1ccccn1)CC1(C)CCCN1. The van der Waals surface area contributed by atoms with Gasteiger partial charge in [-0.2, -0.15) is 0 Å². The van der Waals surface area contributed by atoms with Gasteiger partial charge in [0.05, 0.1) is 0 Å². The lowest BCUT2D eigenvalue weighted by molar-refractivity contribution is 0.241. The summed E-state index contributed by atoms with van der Waals surface area (Å²) in [7, 11) is 2.20. The summed E-state index contributed by atoms with van der Waals surface area (Å²) in [6, 6.07) is 6.13. The molecular weight excluding hydrogens is 210 g/mol. The molecule has 1 aliphatic heterocycles. The molecule has 0 saturated carbocycles. The van der Waals surface area contributed by atoms with Crippen molar-refractivity contribution in [3.8, 4) is 0 Å². The van der Waals surface area contributed by atoms with Gasteiger partial charge in [-0.15, -0.1) is 0 Å². The first-order chi connectivity index (χ1) is 8.18. The summed E-state index contributed by atoms with van der Waals surface area (Å²) < 4.78 is 0. The van der Waals surface area contributed by atoms with Crippen LogP contribution in [0.1, 0.15) is 25.5 Å². The molecule has 1 aromatic heterocycles. The number of hydrogen-bond donors (Lipinski definition) is 1. The zero-order valence-corrected chi connectivity index (χ0v) is 10.9. The van der Waals surface area contributed by atoms with E-state index in [1.165, 1.54) is 25.1 Å². The van der Waals surface area contributed by atoms with E-state index in [1.807, 2.05) is 12.3 Å². The second-order valence-corrected chi connectivity index (χ2v) is 5.40. The van der Waals surface area contributed by atoms with Crippen molar-refractivity contribution < 1.29 is 0 Å². The summed E-state index contributed by atoms with van der Waals surface area (Å²) in [5.74, 6) is 0. The molecule has 0 spiro atoms. The molecule has 0 bridgehead atoms. The third kappa shape index (κ3) is 3.79. The van der Waals surface area contributed by atoms with E-state index in [4.69, 9.17) is 0 Å². The van der Waals surface area contributed by atoms with E-state index >= 15 is 0 Å². The third-order valence-electron chi connectivity index (χ3n) is 3.55. The lowest BCUT2D eigenvalue weighted by atomic mass is 10.00. The summed E-state index contributed by atoms with van der Waals surface area (Å²) in [5.41, 5.74) is 1.50. The quantitative estimate of drug-likeness (QED) is 0.839. The van der Waals surface area contributed by atoms with Crippen LogP contribution in [0.15, 0.2) is 24.4 Å². The van der Waals surface area contributed by atoms with E-state index in [9.17, 15) is 0 Å². The first-order valence-electron chi connectivity index (χ1n) is 6.51. The van der Waals surface area contributed by atoms with Crippen molar-refractivity contribution in [3.63, 3.8) is 0 Å². The summed E-state index contributed by atoms with van der Waals surface area (Å²) in [6.07, 6.45) is 5.51. The Kier molecular flexibility index (Phi) is 4.13. The zero-order chi connectivity index (χ0) is 12.1. The summed E-state index contributed by atoms with van der Waals surface area (Å²) in [5, 5.41) is 3.60. The van der Waals surface area contributed by atoms with Gasteiger partial charge in [-0.1, -0.05) is 6.07 Å². The monoisotopic (exact) mass is 233 g/mol. The largest absolute Gasteiger partial charge is 0.310 e. The number of likely N-dealkylation sites (N-methyl/N-ethyl adjacent to an activating group) is 1. The molecule has 2 rings (SSSR count). The van der Waals surface area contributed by atoms with Gasteiger partial charge in [-0.25, -0.2) is 0 Å². The van der Waals surface area contributed by atoms with Crippen LogP contribution in [-0.4, -0.2) is 42.1 Å². The molecule has 0 aliphatic carbocycles. The minimum absolute atomic E-state index is 0.318. The van der Waals surface area contributed by atoms with Crippen molar-refractivity contribution in [2.24, 2.45) is 0 Å². The Bertz CT molecular complexity index is 331. The van der Waals surface area contributed by atoms with Crippen LogP contribution < -0.4 is 5.32 Å². The highest BCUT2D eigenvalue weighted by atomic mass is 15.1. The van der Waals surface area contributed by atoms with Crippen LogP contribution >= 0.6 is 0 Å². The Morgan fingerprint density at radius 2 is 2.35 bits per heavy atom. The highest BCUT2D eigenvalue weighted by molar-refractivity contribution is 5.03. The van der Waals surface area contributed by atoms with Crippen molar-refractivity contribution in [2.45, 2.75) is 31.7 Å². The molecule has 3 heteroatoms. The topological polar surface area (TPSA) is 28.2 Å². The second kappa shape index (κ2) is 5.61. The highest BCUT2D eigenvalue weighted by Crippen LogP contribution is 2.19. The maximum Gasteiger partial charge on any atom is 0.0416 e. The van der Waals surface area contributed by atoms with Gasteiger partial charge in [-0.3, -0.25) is 4.98 Å². The van der Waals surface area contributed by atoms with Crippen LogP contribution in [0.2, 0.25) is 0 Å². The van der Waals surface area contributed by atoms with Crippen molar-refractivity contribution in [3.05, 3.63) is 30.1 Å². The molecule has 94 valence electrons. The number of aromatic nitrogens is 1. The normalized spacial score (nSPS) is 24.4. The Hall–Kier alpha value is -0.930. The highest BCUT2D eigenvalue weighted by Gasteiger charge is 2.28. The molecule has 17 heavy (non-hydrogen) atoms. The van der Waals surface area contributed by atoms with E-state index in [2.05, 4.69) is 41.3 Å². The smallest absolute Gasteiger partial charge is 0.0416 e. The van der Waals surface area contributed by atoms with Gasteiger partial charge in [-0.05, 0) is 45.5 Å². The van der Waals surface area contributed by atoms with E-state index in [1.54, 1.807) is 0 Å². The van der Waals surface area contributed by atoms with Crippen molar-refractivity contribution in [2.75, 3.05) is 26.7 Å². The van der Waals surface area contributed by atoms with Gasteiger partial charge >= 0.3 is 0 Å². The van der Waals surface area contributed by atoms with Crippen LogP contribution in [0.4, 0.5) is 0 Å². The summed E-state index contributed by atoms with van der Waals surface area (Å²) >= 11 is 0. The fourth-order valence-electron chi connectivity index (χ4n) is 2.62. The standard InChI is InChI=1S/C14H23N3/c1-14(8-5-10-16-14)12-17(2)11-7-13-6-3-4-9-15-13/h3-4,6,9,16H,5,7-8,10-12H2,1-2H3. The lowest BCUT2D eigenvalue weighted by Gasteiger charge is -2.30. The maximum absolute atomic E-state index is 4.36. The number of pyridine rings is 1. The van der Waals surface area contributed by atoms with Crippen LogP contribution in [0, 0.1) is 0 Å². The van der Waals surface area contributed by atoms with Gasteiger partial charge in [0.25, 0.3) is 0 Å². The fraction of sp³-hybridized carbons (Fsp3) is 0.643. The number of hydrogen-bond acceptors (Lipinski definition) is 3. The third-order valence-corrected chi connectivity index (χ3v) is 3.55. The Morgan fingerprint density at radius 1 is 1.47 bits per heavy atom. The molecule has 1 N–H and O–H groups in total. The minimum Gasteiger partial charge on any atom is -0.310 e. The molecule has 2 heterocycles. The molecule has 1 fully saturated rings.